The van der Waals surface area contributed by atoms with Gasteiger partial charge in [-0.25, -0.2) is 4.98 Å². The highest BCUT2D eigenvalue weighted by atomic mass is 16.3. The van der Waals surface area contributed by atoms with Crippen LogP contribution in [0.1, 0.15) is 0 Å². The van der Waals surface area contributed by atoms with Crippen LogP contribution < -0.4 is 0 Å². The van der Waals surface area contributed by atoms with Gasteiger partial charge in [-0.3, -0.25) is 0 Å². The Bertz CT molecular complexity index is 2710. The zero-order chi connectivity index (χ0) is 28.1. The lowest BCUT2D eigenvalue weighted by Crippen LogP contribution is -1.95. The van der Waals surface area contributed by atoms with Crippen molar-refractivity contribution in [2.75, 3.05) is 0 Å². The molecule has 10 aromatic rings. The third kappa shape index (κ3) is 3.07. The Morgan fingerprint density at radius 3 is 2.19 bits per heavy atom. The summed E-state index contributed by atoms with van der Waals surface area (Å²) in [6.45, 7) is 0. The van der Waals surface area contributed by atoms with Crippen molar-refractivity contribution in [2.45, 2.75) is 0 Å². The van der Waals surface area contributed by atoms with Gasteiger partial charge >= 0.3 is 0 Å². The van der Waals surface area contributed by atoms with E-state index in [1.54, 1.807) is 0 Å². The Hall–Kier alpha value is -5.87. The molecule has 0 fully saturated rings. The van der Waals surface area contributed by atoms with Gasteiger partial charge in [-0.15, -0.1) is 0 Å². The number of nitrogens with zero attached hydrogens (tertiary/aromatic N) is 2. The molecule has 200 valence electrons. The fourth-order valence-electron chi connectivity index (χ4n) is 6.98. The van der Waals surface area contributed by atoms with Crippen LogP contribution in [0.25, 0.3) is 93.5 Å². The molecule has 0 bridgehead atoms. The molecule has 7 aromatic carbocycles. The molecule has 0 N–H and O–H groups in total. The van der Waals surface area contributed by atoms with E-state index >= 15 is 0 Å². The number of aromatic nitrogens is 2. The summed E-state index contributed by atoms with van der Waals surface area (Å²) in [5.74, 6) is 0.598. The Balaban J connectivity index is 1.28. The molecule has 43 heavy (non-hydrogen) atoms. The normalized spacial score (nSPS) is 12.2. The van der Waals surface area contributed by atoms with E-state index < -0.39 is 0 Å². The largest absolute Gasteiger partial charge is 0.455 e. The number of oxazole rings is 1. The van der Waals surface area contributed by atoms with Gasteiger partial charge < -0.3 is 13.4 Å². The van der Waals surface area contributed by atoms with Gasteiger partial charge in [0, 0.05) is 37.9 Å². The van der Waals surface area contributed by atoms with Crippen molar-refractivity contribution in [3.63, 3.8) is 0 Å². The number of fused-ring (bicyclic) bond motifs is 11. The highest BCUT2D eigenvalue weighted by Gasteiger charge is 2.20. The maximum atomic E-state index is 6.63. The number of rotatable bonds is 2. The van der Waals surface area contributed by atoms with E-state index in [1.165, 1.54) is 32.6 Å². The Morgan fingerprint density at radius 2 is 1.23 bits per heavy atom. The van der Waals surface area contributed by atoms with Crippen LogP contribution in [-0.2, 0) is 0 Å². The third-order valence-corrected chi connectivity index (χ3v) is 8.82. The van der Waals surface area contributed by atoms with Gasteiger partial charge in [0.1, 0.15) is 16.7 Å². The van der Waals surface area contributed by atoms with E-state index in [9.17, 15) is 0 Å². The number of hydrogen-bond donors (Lipinski definition) is 0. The molecule has 3 aromatic heterocycles. The van der Waals surface area contributed by atoms with Gasteiger partial charge in [0.25, 0.3) is 0 Å². The summed E-state index contributed by atoms with van der Waals surface area (Å²) >= 11 is 0. The molecule has 0 saturated carbocycles. The molecule has 4 nitrogen and oxygen atoms in total. The predicted molar refractivity (Wildman–Crippen MR) is 176 cm³/mol. The number of hydrogen-bond acceptors (Lipinski definition) is 3. The van der Waals surface area contributed by atoms with Crippen LogP contribution in [0.3, 0.4) is 0 Å². The fourth-order valence-corrected chi connectivity index (χ4v) is 6.98. The van der Waals surface area contributed by atoms with Gasteiger partial charge in [0.15, 0.2) is 5.58 Å². The van der Waals surface area contributed by atoms with Gasteiger partial charge in [-0.05, 0) is 59.3 Å². The average molecular weight is 551 g/mol. The van der Waals surface area contributed by atoms with Gasteiger partial charge in [0.05, 0.1) is 16.7 Å². The maximum absolute atomic E-state index is 6.63. The van der Waals surface area contributed by atoms with Crippen molar-refractivity contribution in [1.82, 2.24) is 9.55 Å². The van der Waals surface area contributed by atoms with Crippen LogP contribution >= 0.6 is 0 Å². The van der Waals surface area contributed by atoms with E-state index in [4.69, 9.17) is 13.8 Å². The first-order valence-corrected chi connectivity index (χ1v) is 14.5. The highest BCUT2D eigenvalue weighted by Crippen LogP contribution is 2.43. The summed E-state index contributed by atoms with van der Waals surface area (Å²) < 4.78 is 15.2. The minimum atomic E-state index is 0.598. The van der Waals surface area contributed by atoms with Crippen molar-refractivity contribution in [3.8, 4) is 17.1 Å². The first kappa shape index (κ1) is 22.8. The molecule has 0 saturated heterocycles. The Morgan fingerprint density at radius 1 is 0.465 bits per heavy atom. The van der Waals surface area contributed by atoms with Gasteiger partial charge in [0.2, 0.25) is 5.89 Å². The lowest BCUT2D eigenvalue weighted by atomic mass is 10.0. The second-order valence-corrected chi connectivity index (χ2v) is 11.1. The molecule has 0 spiro atoms. The van der Waals surface area contributed by atoms with Crippen molar-refractivity contribution >= 4 is 76.4 Å². The molecule has 10 rings (SSSR count). The molecule has 4 heteroatoms. The van der Waals surface area contributed by atoms with Crippen molar-refractivity contribution in [2.24, 2.45) is 0 Å². The number of furan rings is 1. The van der Waals surface area contributed by atoms with Crippen molar-refractivity contribution < 1.29 is 8.83 Å². The lowest BCUT2D eigenvalue weighted by molar-refractivity contribution is 0.620. The molecule has 0 aliphatic heterocycles. The van der Waals surface area contributed by atoms with Crippen LogP contribution in [0, 0.1) is 0 Å². The molecule has 0 amide bonds. The second-order valence-electron chi connectivity index (χ2n) is 11.1. The van der Waals surface area contributed by atoms with E-state index in [0.717, 1.165) is 55.1 Å². The van der Waals surface area contributed by atoms with E-state index in [1.807, 2.05) is 36.4 Å². The summed E-state index contributed by atoms with van der Waals surface area (Å²) in [5.41, 5.74) is 7.73. The number of benzene rings is 7. The van der Waals surface area contributed by atoms with Crippen molar-refractivity contribution in [1.29, 1.82) is 0 Å². The van der Waals surface area contributed by atoms with Gasteiger partial charge in [-0.1, -0.05) is 84.9 Å². The molecular formula is C39H22N2O2. The monoisotopic (exact) mass is 550 g/mol. The smallest absolute Gasteiger partial charge is 0.228 e. The summed E-state index contributed by atoms with van der Waals surface area (Å²) in [4.78, 5) is 4.80. The molecule has 0 atom stereocenters. The van der Waals surface area contributed by atoms with Crippen LogP contribution in [0.5, 0.6) is 0 Å². The summed E-state index contributed by atoms with van der Waals surface area (Å²) in [7, 11) is 0. The lowest BCUT2D eigenvalue weighted by Gasteiger charge is -2.12. The zero-order valence-corrected chi connectivity index (χ0v) is 22.9. The Kier molecular flexibility index (Phi) is 4.42. The minimum Gasteiger partial charge on any atom is -0.455 e. The fraction of sp³-hybridized carbons (Fsp3) is 0. The summed E-state index contributed by atoms with van der Waals surface area (Å²) in [6, 6.07) is 46.7. The predicted octanol–water partition coefficient (Wildman–Crippen LogP) is 10.8. The topological polar surface area (TPSA) is 44.1 Å². The van der Waals surface area contributed by atoms with Gasteiger partial charge in [-0.2, -0.15) is 0 Å². The molecule has 0 unspecified atom stereocenters. The number of para-hydroxylation sites is 3. The summed E-state index contributed by atoms with van der Waals surface area (Å²) in [5, 5.41) is 9.30. The van der Waals surface area contributed by atoms with E-state index in [-0.39, 0.29) is 0 Å². The molecular weight excluding hydrogens is 528 g/mol. The van der Waals surface area contributed by atoms with Crippen LogP contribution in [0.4, 0.5) is 0 Å². The zero-order valence-electron chi connectivity index (χ0n) is 22.9. The molecule has 3 heterocycles. The first-order valence-electron chi connectivity index (χ1n) is 14.5. The van der Waals surface area contributed by atoms with E-state index in [2.05, 4.69) is 102 Å². The average Bonchev–Trinajstić information content (AvgIpc) is 3.76. The molecule has 0 aliphatic rings. The molecule has 0 radical (unpaired) electrons. The van der Waals surface area contributed by atoms with E-state index in [0.29, 0.717) is 5.89 Å². The van der Waals surface area contributed by atoms with Crippen LogP contribution in [0.15, 0.2) is 142 Å². The molecule has 0 aliphatic carbocycles. The minimum absolute atomic E-state index is 0.598. The first-order chi connectivity index (χ1) is 21.3. The summed E-state index contributed by atoms with van der Waals surface area (Å²) in [6.07, 6.45) is 0. The van der Waals surface area contributed by atoms with Crippen molar-refractivity contribution in [3.05, 3.63) is 133 Å². The quantitative estimate of drug-likeness (QED) is 0.215. The van der Waals surface area contributed by atoms with Crippen LogP contribution in [-0.4, -0.2) is 9.55 Å². The standard InChI is InChI=1S/C39H22N2O2/c1-2-10-24-23(9-1)19-22-33-36(24)27-11-3-5-15-32(27)41(33)31-16-7-12-26-25(31)20-21-28-37-29(13-8-18-35(37)42-38(26)28)39-40-30-14-4-6-17-34(30)43-39/h1-22H. The second kappa shape index (κ2) is 8.34. The SMILES string of the molecule is c1ccc2c(c1)ccc1c2c2ccccc2n1-c1cccc2c1ccc1c2oc2cccc(-c3nc4ccccc4o3)c21. The maximum Gasteiger partial charge on any atom is 0.228 e. The van der Waals surface area contributed by atoms with Crippen LogP contribution in [0.2, 0.25) is 0 Å². The highest BCUT2D eigenvalue weighted by molar-refractivity contribution is 6.23. The Labute approximate surface area is 245 Å². The third-order valence-electron chi connectivity index (χ3n) is 8.82.